The monoisotopic (exact) mass is 178 g/mol. The molecule has 72 valence electrons. The average molecular weight is 178 g/mol. The Hall–Kier alpha value is -0.980. The smallest absolute Gasteiger partial charge is 0.134 e. The van der Waals surface area contributed by atoms with Gasteiger partial charge in [-0.2, -0.15) is 0 Å². The Morgan fingerprint density at radius 2 is 2.08 bits per heavy atom. The first-order valence-electron chi connectivity index (χ1n) is 4.94. The number of hydrogen-bond donors (Lipinski definition) is 0. The van der Waals surface area contributed by atoms with Gasteiger partial charge < -0.3 is 4.74 Å². The Bertz CT molecular complexity index is 271. The maximum atomic E-state index is 5.50. The predicted molar refractivity (Wildman–Crippen MR) is 56.4 cm³/mol. The summed E-state index contributed by atoms with van der Waals surface area (Å²) in [6.45, 7) is 8.25. The highest BCUT2D eigenvalue weighted by Crippen LogP contribution is 2.36. The number of hydrogen-bond acceptors (Lipinski definition) is 1. The average Bonchev–Trinajstić information content (AvgIpc) is 2.50. The van der Waals surface area contributed by atoms with E-state index >= 15 is 0 Å². The molecular weight excluding hydrogens is 160 g/mol. The zero-order valence-corrected chi connectivity index (χ0v) is 8.92. The maximum absolute atomic E-state index is 5.50. The van der Waals surface area contributed by atoms with Crippen molar-refractivity contribution >= 4 is 0 Å². The molecule has 0 radical (unpaired) electrons. The van der Waals surface area contributed by atoms with Gasteiger partial charge in [0.15, 0.2) is 0 Å². The van der Waals surface area contributed by atoms with Crippen LogP contribution in [0.25, 0.3) is 0 Å². The number of fused-ring (bicyclic) bond motifs is 1. The van der Waals surface area contributed by atoms with E-state index in [4.69, 9.17) is 4.74 Å². The van der Waals surface area contributed by atoms with Crippen LogP contribution in [0.5, 0.6) is 0 Å². The van der Waals surface area contributed by atoms with Gasteiger partial charge in [0.25, 0.3) is 0 Å². The summed E-state index contributed by atoms with van der Waals surface area (Å²) in [5.41, 5.74) is 2.59. The van der Waals surface area contributed by atoms with Crippen molar-refractivity contribution in [1.29, 1.82) is 0 Å². The molecule has 2 rings (SSSR count). The second kappa shape index (κ2) is 3.82. The Labute approximate surface area is 80.8 Å². The van der Waals surface area contributed by atoms with Gasteiger partial charge in [-0.15, -0.1) is 0 Å². The minimum atomic E-state index is -0.0560. The molecule has 0 aromatic carbocycles. The molecular formula is C12H18O. The van der Waals surface area contributed by atoms with E-state index in [0.29, 0.717) is 0 Å². The molecule has 1 unspecified atom stereocenters. The summed E-state index contributed by atoms with van der Waals surface area (Å²) in [4.78, 5) is 0. The largest absolute Gasteiger partial charge is 0.490 e. The van der Waals surface area contributed by atoms with Crippen molar-refractivity contribution in [3.8, 4) is 0 Å². The van der Waals surface area contributed by atoms with Gasteiger partial charge in [0.05, 0.1) is 6.26 Å². The summed E-state index contributed by atoms with van der Waals surface area (Å²) < 4.78 is 5.50. The second-order valence-electron chi connectivity index (χ2n) is 3.40. The van der Waals surface area contributed by atoms with Gasteiger partial charge in [-0.25, -0.2) is 0 Å². The fourth-order valence-electron chi connectivity index (χ4n) is 1.53. The molecule has 1 nitrogen and oxygen atoms in total. The van der Waals surface area contributed by atoms with E-state index in [0.717, 1.165) is 6.42 Å². The van der Waals surface area contributed by atoms with E-state index in [1.54, 1.807) is 6.26 Å². The fraction of sp³-hybridized carbons (Fsp3) is 0.500. The predicted octanol–water partition coefficient (Wildman–Crippen LogP) is 3.59. The first kappa shape index (κ1) is 10.1. The minimum absolute atomic E-state index is 0.0560. The van der Waals surface area contributed by atoms with Gasteiger partial charge in [-0.05, 0) is 25.5 Å². The van der Waals surface area contributed by atoms with Crippen molar-refractivity contribution in [2.24, 2.45) is 0 Å². The lowest BCUT2D eigenvalue weighted by molar-refractivity contribution is 0.0956. The summed E-state index contributed by atoms with van der Waals surface area (Å²) >= 11 is 0. The standard InChI is InChI=1S/C10H12O.C2H6/c1-8-3-5-10(2)9(7-8)4-6-11-10;1-2/h3-4,6-7H,5H2,1-2H3;1-2H3. The molecule has 13 heavy (non-hydrogen) atoms. The normalized spacial score (nSPS) is 29.2. The maximum Gasteiger partial charge on any atom is 0.134 e. The van der Waals surface area contributed by atoms with Crippen molar-refractivity contribution in [1.82, 2.24) is 0 Å². The summed E-state index contributed by atoms with van der Waals surface area (Å²) in [5.74, 6) is 0. The molecule has 0 saturated heterocycles. The van der Waals surface area contributed by atoms with E-state index in [2.05, 4.69) is 32.1 Å². The van der Waals surface area contributed by atoms with Gasteiger partial charge in [0.1, 0.15) is 5.60 Å². The van der Waals surface area contributed by atoms with Gasteiger partial charge >= 0.3 is 0 Å². The molecule has 0 fully saturated rings. The van der Waals surface area contributed by atoms with E-state index in [9.17, 15) is 0 Å². The lowest BCUT2D eigenvalue weighted by Gasteiger charge is -2.27. The Morgan fingerprint density at radius 1 is 1.38 bits per heavy atom. The third-order valence-electron chi connectivity index (χ3n) is 2.38. The number of allylic oxidation sites excluding steroid dienone is 2. The SMILES string of the molecule is CC.CC1=CCC2(C)OC=CC2=C1. The summed E-state index contributed by atoms with van der Waals surface area (Å²) in [5, 5.41) is 0. The van der Waals surface area contributed by atoms with Gasteiger partial charge in [0, 0.05) is 6.42 Å². The Kier molecular flexibility index (Phi) is 2.97. The van der Waals surface area contributed by atoms with Crippen LogP contribution in [0.4, 0.5) is 0 Å². The molecule has 0 aromatic rings. The van der Waals surface area contributed by atoms with Crippen LogP contribution in [0.3, 0.4) is 0 Å². The number of rotatable bonds is 0. The molecule has 1 heteroatoms. The van der Waals surface area contributed by atoms with Gasteiger partial charge in [0.2, 0.25) is 0 Å². The topological polar surface area (TPSA) is 9.23 Å². The quantitative estimate of drug-likeness (QED) is 0.550. The Balaban J connectivity index is 0.000000396. The molecule has 2 aliphatic rings. The molecule has 0 bridgehead atoms. The van der Waals surface area contributed by atoms with E-state index in [1.165, 1.54) is 11.1 Å². The Morgan fingerprint density at radius 3 is 2.77 bits per heavy atom. The summed E-state index contributed by atoms with van der Waals surface area (Å²) in [6, 6.07) is 0. The van der Waals surface area contributed by atoms with Crippen LogP contribution in [0.15, 0.2) is 35.6 Å². The van der Waals surface area contributed by atoms with Crippen molar-refractivity contribution in [3.63, 3.8) is 0 Å². The first-order valence-corrected chi connectivity index (χ1v) is 4.94. The van der Waals surface area contributed by atoms with Crippen molar-refractivity contribution in [2.75, 3.05) is 0 Å². The van der Waals surface area contributed by atoms with Crippen LogP contribution in [-0.4, -0.2) is 5.60 Å². The molecule has 0 aromatic heterocycles. The third-order valence-corrected chi connectivity index (χ3v) is 2.38. The molecule has 0 spiro atoms. The molecule has 0 saturated carbocycles. The highest BCUT2D eigenvalue weighted by atomic mass is 16.5. The minimum Gasteiger partial charge on any atom is -0.490 e. The van der Waals surface area contributed by atoms with E-state index < -0.39 is 0 Å². The van der Waals surface area contributed by atoms with Crippen LogP contribution in [-0.2, 0) is 4.74 Å². The van der Waals surface area contributed by atoms with Crippen LogP contribution < -0.4 is 0 Å². The zero-order valence-electron chi connectivity index (χ0n) is 8.92. The molecule has 1 heterocycles. The van der Waals surface area contributed by atoms with Crippen LogP contribution >= 0.6 is 0 Å². The third kappa shape index (κ3) is 1.85. The molecule has 0 amide bonds. The van der Waals surface area contributed by atoms with E-state index in [-0.39, 0.29) is 5.60 Å². The van der Waals surface area contributed by atoms with Crippen molar-refractivity contribution in [2.45, 2.75) is 39.7 Å². The summed E-state index contributed by atoms with van der Waals surface area (Å²) in [6.07, 6.45) is 9.25. The molecule has 0 N–H and O–H groups in total. The van der Waals surface area contributed by atoms with Crippen LogP contribution in [0, 0.1) is 0 Å². The number of ether oxygens (including phenoxy) is 1. The first-order chi connectivity index (χ1) is 6.21. The highest BCUT2D eigenvalue weighted by Gasteiger charge is 2.32. The zero-order chi connectivity index (χ0) is 9.90. The summed E-state index contributed by atoms with van der Waals surface area (Å²) in [7, 11) is 0. The molecule has 1 aliphatic heterocycles. The molecule has 1 atom stereocenters. The second-order valence-corrected chi connectivity index (χ2v) is 3.40. The highest BCUT2D eigenvalue weighted by molar-refractivity contribution is 5.42. The van der Waals surface area contributed by atoms with E-state index in [1.807, 2.05) is 13.8 Å². The molecule has 1 aliphatic carbocycles. The lowest BCUT2D eigenvalue weighted by atomic mass is 9.87. The fourth-order valence-corrected chi connectivity index (χ4v) is 1.53. The van der Waals surface area contributed by atoms with Crippen LogP contribution in [0.2, 0.25) is 0 Å². The van der Waals surface area contributed by atoms with Gasteiger partial charge in [-0.1, -0.05) is 31.6 Å². The lowest BCUT2D eigenvalue weighted by Crippen LogP contribution is -2.26. The van der Waals surface area contributed by atoms with Crippen molar-refractivity contribution < 1.29 is 4.74 Å². The van der Waals surface area contributed by atoms with Gasteiger partial charge in [-0.3, -0.25) is 0 Å². The van der Waals surface area contributed by atoms with Crippen molar-refractivity contribution in [3.05, 3.63) is 35.6 Å². The van der Waals surface area contributed by atoms with Crippen LogP contribution in [0.1, 0.15) is 34.1 Å².